The van der Waals surface area contributed by atoms with Gasteiger partial charge in [-0.15, -0.1) is 0 Å². The van der Waals surface area contributed by atoms with Gasteiger partial charge >= 0.3 is 0 Å². The van der Waals surface area contributed by atoms with Gasteiger partial charge in [-0.1, -0.05) is 0 Å². The van der Waals surface area contributed by atoms with Crippen LogP contribution in [0, 0.1) is 0 Å². The molecule has 18 heavy (non-hydrogen) atoms. The van der Waals surface area contributed by atoms with Gasteiger partial charge in [-0.05, 0) is 12.1 Å². The summed E-state index contributed by atoms with van der Waals surface area (Å²) in [5, 5.41) is 28.7. The van der Waals surface area contributed by atoms with Crippen molar-refractivity contribution in [3.05, 3.63) is 24.7 Å². The molecule has 2 aromatic heterocycles. The SMILES string of the molecule is OC[C@@H]1O[C@H](n2cnc3cccnc32)[C@@H](O)[C@H]1O. The van der Waals surface area contributed by atoms with Gasteiger partial charge < -0.3 is 20.1 Å². The summed E-state index contributed by atoms with van der Waals surface area (Å²) in [6.07, 6.45) is -0.731. The van der Waals surface area contributed by atoms with Crippen molar-refractivity contribution in [3.8, 4) is 0 Å². The summed E-state index contributed by atoms with van der Waals surface area (Å²) >= 11 is 0. The van der Waals surface area contributed by atoms with E-state index in [1.165, 1.54) is 6.33 Å². The molecule has 7 heteroatoms. The minimum Gasteiger partial charge on any atom is -0.394 e. The minimum absolute atomic E-state index is 0.352. The molecular formula is C11H13N3O4. The molecule has 0 aliphatic carbocycles. The van der Waals surface area contributed by atoms with Gasteiger partial charge in [-0.3, -0.25) is 4.57 Å². The summed E-state index contributed by atoms with van der Waals surface area (Å²) in [5.41, 5.74) is 1.24. The van der Waals surface area contributed by atoms with Crippen LogP contribution in [0.2, 0.25) is 0 Å². The molecule has 0 amide bonds. The summed E-state index contributed by atoms with van der Waals surface area (Å²) in [5.74, 6) is 0. The molecule has 0 unspecified atom stereocenters. The third-order valence-corrected chi connectivity index (χ3v) is 3.12. The van der Waals surface area contributed by atoms with E-state index in [2.05, 4.69) is 9.97 Å². The van der Waals surface area contributed by atoms with E-state index >= 15 is 0 Å². The first kappa shape index (κ1) is 11.5. The number of nitrogens with zero attached hydrogens (tertiary/aromatic N) is 3. The third-order valence-electron chi connectivity index (χ3n) is 3.12. The van der Waals surface area contributed by atoms with Crippen molar-refractivity contribution >= 4 is 11.2 Å². The molecule has 0 spiro atoms. The van der Waals surface area contributed by atoms with Gasteiger partial charge in [-0.2, -0.15) is 0 Å². The van der Waals surface area contributed by atoms with Crippen molar-refractivity contribution in [3.63, 3.8) is 0 Å². The quantitative estimate of drug-likeness (QED) is 0.635. The average molecular weight is 251 g/mol. The molecule has 1 saturated heterocycles. The van der Waals surface area contributed by atoms with Gasteiger partial charge in [0, 0.05) is 6.20 Å². The molecule has 2 aromatic rings. The summed E-state index contributed by atoms with van der Waals surface area (Å²) in [4.78, 5) is 8.30. The predicted molar refractivity (Wildman–Crippen MR) is 60.5 cm³/mol. The second-order valence-electron chi connectivity index (χ2n) is 4.23. The van der Waals surface area contributed by atoms with Crippen LogP contribution in [0.1, 0.15) is 6.23 Å². The molecule has 0 bridgehead atoms. The standard InChI is InChI=1S/C11H13N3O4/c15-4-7-8(16)9(17)11(18-7)14-5-13-6-2-1-3-12-10(6)14/h1-3,5,7-9,11,15-17H,4H2/t7-,8-,9-,11-/m0/s1. The van der Waals surface area contributed by atoms with E-state index in [0.717, 1.165) is 0 Å². The Balaban J connectivity index is 2.00. The number of pyridine rings is 1. The molecule has 0 saturated carbocycles. The summed E-state index contributed by atoms with van der Waals surface area (Å²) in [6.45, 7) is -0.352. The average Bonchev–Trinajstić information content (AvgIpc) is 2.93. The summed E-state index contributed by atoms with van der Waals surface area (Å²) in [7, 11) is 0. The van der Waals surface area contributed by atoms with Crippen LogP contribution >= 0.6 is 0 Å². The zero-order valence-electron chi connectivity index (χ0n) is 9.42. The fourth-order valence-corrected chi connectivity index (χ4v) is 2.16. The maximum Gasteiger partial charge on any atom is 0.165 e. The Bertz CT molecular complexity index is 558. The predicted octanol–water partition coefficient (Wildman–Crippen LogP) is -0.957. The number of fused-ring (bicyclic) bond motifs is 1. The van der Waals surface area contributed by atoms with Crippen LogP contribution in [0.15, 0.2) is 24.7 Å². The van der Waals surface area contributed by atoms with Crippen molar-refractivity contribution in [2.24, 2.45) is 0 Å². The van der Waals surface area contributed by atoms with Crippen molar-refractivity contribution in [1.29, 1.82) is 0 Å². The smallest absolute Gasteiger partial charge is 0.165 e. The largest absolute Gasteiger partial charge is 0.394 e. The molecule has 4 atom stereocenters. The van der Waals surface area contributed by atoms with Gasteiger partial charge in [-0.25, -0.2) is 9.97 Å². The van der Waals surface area contributed by atoms with Crippen LogP contribution in [0.25, 0.3) is 11.2 Å². The Kier molecular flexibility index (Phi) is 2.75. The van der Waals surface area contributed by atoms with Crippen LogP contribution in [-0.2, 0) is 4.74 Å². The lowest BCUT2D eigenvalue weighted by Gasteiger charge is -2.16. The molecule has 3 rings (SSSR count). The molecular weight excluding hydrogens is 238 g/mol. The maximum atomic E-state index is 9.93. The highest BCUT2D eigenvalue weighted by atomic mass is 16.6. The highest BCUT2D eigenvalue weighted by Crippen LogP contribution is 2.30. The first-order valence-electron chi connectivity index (χ1n) is 5.62. The fourth-order valence-electron chi connectivity index (χ4n) is 2.16. The van der Waals surface area contributed by atoms with Crippen LogP contribution in [0.4, 0.5) is 0 Å². The van der Waals surface area contributed by atoms with E-state index in [0.29, 0.717) is 11.2 Å². The molecule has 3 heterocycles. The maximum absolute atomic E-state index is 9.93. The number of hydrogen-bond donors (Lipinski definition) is 3. The van der Waals surface area contributed by atoms with Crippen molar-refractivity contribution < 1.29 is 20.1 Å². The third kappa shape index (κ3) is 1.60. The summed E-state index contributed by atoms with van der Waals surface area (Å²) < 4.78 is 6.98. The molecule has 1 aliphatic rings. The zero-order chi connectivity index (χ0) is 12.7. The van der Waals surface area contributed by atoms with Gasteiger partial charge in [0.15, 0.2) is 11.9 Å². The summed E-state index contributed by atoms with van der Waals surface area (Å²) in [6, 6.07) is 3.55. The number of hydrogen-bond acceptors (Lipinski definition) is 6. The number of aromatic nitrogens is 3. The lowest BCUT2D eigenvalue weighted by molar-refractivity contribution is -0.0511. The number of imidazole rings is 1. The highest BCUT2D eigenvalue weighted by molar-refractivity contribution is 5.70. The number of ether oxygens (including phenoxy) is 1. The van der Waals surface area contributed by atoms with Gasteiger partial charge in [0.1, 0.15) is 23.8 Å². The number of aliphatic hydroxyl groups excluding tert-OH is 3. The van der Waals surface area contributed by atoms with Crippen molar-refractivity contribution in [1.82, 2.24) is 14.5 Å². The number of aliphatic hydroxyl groups is 3. The molecule has 1 fully saturated rings. The Hall–Kier alpha value is -1.54. The van der Waals surface area contributed by atoms with E-state index in [1.807, 2.05) is 0 Å². The highest BCUT2D eigenvalue weighted by Gasteiger charge is 2.43. The Morgan fingerprint density at radius 3 is 2.83 bits per heavy atom. The molecule has 3 N–H and O–H groups in total. The number of rotatable bonds is 2. The minimum atomic E-state index is -1.12. The monoisotopic (exact) mass is 251 g/mol. The normalized spacial score (nSPS) is 32.2. The van der Waals surface area contributed by atoms with Crippen LogP contribution in [-0.4, -0.2) is 54.8 Å². The fraction of sp³-hybridized carbons (Fsp3) is 0.455. The van der Waals surface area contributed by atoms with E-state index in [1.54, 1.807) is 22.9 Å². The van der Waals surface area contributed by atoms with Crippen LogP contribution < -0.4 is 0 Å². The molecule has 96 valence electrons. The molecule has 0 aromatic carbocycles. The Morgan fingerprint density at radius 1 is 1.28 bits per heavy atom. The Morgan fingerprint density at radius 2 is 2.11 bits per heavy atom. The van der Waals surface area contributed by atoms with Gasteiger partial charge in [0.25, 0.3) is 0 Å². The lowest BCUT2D eigenvalue weighted by Crippen LogP contribution is -2.33. The second kappa shape index (κ2) is 4.29. The van der Waals surface area contributed by atoms with E-state index in [9.17, 15) is 10.2 Å². The topological polar surface area (TPSA) is 101 Å². The van der Waals surface area contributed by atoms with Gasteiger partial charge in [0.2, 0.25) is 0 Å². The Labute approximate surface area is 102 Å². The van der Waals surface area contributed by atoms with Crippen LogP contribution in [0.3, 0.4) is 0 Å². The van der Waals surface area contributed by atoms with E-state index in [-0.39, 0.29) is 6.61 Å². The lowest BCUT2D eigenvalue weighted by atomic mass is 10.1. The molecule has 0 radical (unpaired) electrons. The molecule has 1 aliphatic heterocycles. The second-order valence-corrected chi connectivity index (χ2v) is 4.23. The van der Waals surface area contributed by atoms with Crippen molar-refractivity contribution in [2.75, 3.05) is 6.61 Å². The van der Waals surface area contributed by atoms with Crippen molar-refractivity contribution in [2.45, 2.75) is 24.5 Å². The van der Waals surface area contributed by atoms with Crippen LogP contribution in [0.5, 0.6) is 0 Å². The van der Waals surface area contributed by atoms with E-state index < -0.39 is 24.5 Å². The zero-order valence-corrected chi connectivity index (χ0v) is 9.42. The van der Waals surface area contributed by atoms with E-state index in [4.69, 9.17) is 9.84 Å². The molecule has 7 nitrogen and oxygen atoms in total. The first-order chi connectivity index (χ1) is 8.72. The first-order valence-corrected chi connectivity index (χ1v) is 5.62. The van der Waals surface area contributed by atoms with Gasteiger partial charge in [0.05, 0.1) is 12.9 Å².